The summed E-state index contributed by atoms with van der Waals surface area (Å²) in [7, 11) is 0. The van der Waals surface area contributed by atoms with E-state index in [4.69, 9.17) is 4.42 Å². The Bertz CT molecular complexity index is 722. The number of aromatic nitrogens is 3. The Morgan fingerprint density at radius 3 is 2.90 bits per heavy atom. The summed E-state index contributed by atoms with van der Waals surface area (Å²) in [5.41, 5.74) is 0.723. The van der Waals surface area contributed by atoms with Crippen molar-refractivity contribution in [3.8, 4) is 0 Å². The highest BCUT2D eigenvalue weighted by Crippen LogP contribution is 2.20. The molecule has 3 aromatic rings. The molecule has 2 heterocycles. The van der Waals surface area contributed by atoms with E-state index in [1.807, 2.05) is 38.1 Å². The second kappa shape index (κ2) is 4.92. The van der Waals surface area contributed by atoms with Crippen LogP contribution in [0.25, 0.3) is 11.0 Å². The van der Waals surface area contributed by atoms with Gasteiger partial charge in [-0.25, -0.2) is 9.67 Å². The summed E-state index contributed by atoms with van der Waals surface area (Å²) in [5.74, 6) is 0.936. The third-order valence-electron chi connectivity index (χ3n) is 3.16. The lowest BCUT2D eigenvalue weighted by atomic mass is 10.2. The van der Waals surface area contributed by atoms with E-state index >= 15 is 0 Å². The van der Waals surface area contributed by atoms with Crippen LogP contribution in [0.5, 0.6) is 0 Å². The maximum Gasteiger partial charge on any atom is 0.205 e. The molecule has 0 amide bonds. The van der Waals surface area contributed by atoms with Crippen LogP contribution in [0.4, 0.5) is 0 Å². The van der Waals surface area contributed by atoms with Crippen LogP contribution in [-0.4, -0.2) is 20.5 Å². The van der Waals surface area contributed by atoms with Gasteiger partial charge in [0.15, 0.2) is 5.76 Å². The Morgan fingerprint density at radius 1 is 1.35 bits per heavy atom. The van der Waals surface area contributed by atoms with Crippen LogP contribution >= 0.6 is 0 Å². The number of ketones is 1. The smallest absolute Gasteiger partial charge is 0.205 e. The predicted molar refractivity (Wildman–Crippen MR) is 74.7 cm³/mol. The molecule has 3 rings (SSSR count). The molecule has 0 saturated heterocycles. The number of carbonyl (C=O) groups excluding carboxylic acids is 1. The number of furan rings is 1. The number of Topliss-reactive ketones (excluding diaryl/α,β-unsaturated/α-hetero) is 1. The molecule has 0 bridgehead atoms. The Balaban J connectivity index is 1.87. The lowest BCUT2D eigenvalue weighted by Gasteiger charge is -2.07. The first-order valence-corrected chi connectivity index (χ1v) is 6.55. The van der Waals surface area contributed by atoms with E-state index < -0.39 is 0 Å². The van der Waals surface area contributed by atoms with Crippen LogP contribution < -0.4 is 0 Å². The van der Waals surface area contributed by atoms with Gasteiger partial charge in [0.25, 0.3) is 0 Å². The zero-order chi connectivity index (χ0) is 14.1. The summed E-state index contributed by atoms with van der Waals surface area (Å²) in [6.07, 6.45) is 1.67. The molecule has 5 nitrogen and oxygen atoms in total. The molecule has 0 spiro atoms. The van der Waals surface area contributed by atoms with Crippen LogP contribution in [0.3, 0.4) is 0 Å². The molecule has 20 heavy (non-hydrogen) atoms. The van der Waals surface area contributed by atoms with Crippen molar-refractivity contribution in [3.63, 3.8) is 0 Å². The standard InChI is InChI=1S/C15H15N3O2/c1-10(2)18-15(16-9-17-18)8-12(19)14-7-11-5-3-4-6-13(11)20-14/h3-7,9-10H,8H2,1-2H3. The minimum absolute atomic E-state index is 0.0869. The summed E-state index contributed by atoms with van der Waals surface area (Å²) in [5, 5.41) is 5.06. The first kappa shape index (κ1) is 12.6. The summed E-state index contributed by atoms with van der Waals surface area (Å²) in [4.78, 5) is 16.4. The lowest BCUT2D eigenvalue weighted by Crippen LogP contribution is -2.12. The predicted octanol–water partition coefficient (Wildman–Crippen LogP) is 3.03. The molecule has 0 fully saturated rings. The number of rotatable bonds is 4. The molecule has 0 aliphatic carbocycles. The highest BCUT2D eigenvalue weighted by molar-refractivity contribution is 5.98. The molecular formula is C15H15N3O2. The minimum Gasteiger partial charge on any atom is -0.453 e. The highest BCUT2D eigenvalue weighted by atomic mass is 16.3. The first-order valence-electron chi connectivity index (χ1n) is 6.55. The van der Waals surface area contributed by atoms with Gasteiger partial charge in [-0.3, -0.25) is 4.79 Å². The summed E-state index contributed by atoms with van der Waals surface area (Å²) >= 11 is 0. The molecule has 2 aromatic heterocycles. The molecule has 0 unspecified atom stereocenters. The van der Waals surface area contributed by atoms with Gasteiger partial charge in [-0.05, 0) is 26.0 Å². The fraction of sp³-hybridized carbons (Fsp3) is 0.267. The van der Waals surface area contributed by atoms with Gasteiger partial charge in [0.1, 0.15) is 17.7 Å². The van der Waals surface area contributed by atoms with Gasteiger partial charge in [-0.1, -0.05) is 18.2 Å². The van der Waals surface area contributed by atoms with E-state index in [2.05, 4.69) is 10.1 Å². The van der Waals surface area contributed by atoms with Crippen LogP contribution in [-0.2, 0) is 6.42 Å². The third kappa shape index (κ3) is 2.22. The normalized spacial score (nSPS) is 11.3. The van der Waals surface area contributed by atoms with E-state index in [1.54, 1.807) is 10.7 Å². The average Bonchev–Trinajstić information content (AvgIpc) is 3.03. The van der Waals surface area contributed by atoms with Gasteiger partial charge >= 0.3 is 0 Å². The van der Waals surface area contributed by atoms with E-state index in [0.717, 1.165) is 11.0 Å². The molecule has 0 saturated carbocycles. The summed E-state index contributed by atoms with van der Waals surface area (Å²) in [6.45, 7) is 4.01. The van der Waals surface area contributed by atoms with Crippen molar-refractivity contribution < 1.29 is 9.21 Å². The molecule has 0 radical (unpaired) electrons. The van der Waals surface area contributed by atoms with E-state index in [-0.39, 0.29) is 18.2 Å². The van der Waals surface area contributed by atoms with Crippen molar-refractivity contribution in [1.29, 1.82) is 0 Å². The largest absolute Gasteiger partial charge is 0.453 e. The Hall–Kier alpha value is -2.43. The van der Waals surface area contributed by atoms with Crippen molar-refractivity contribution in [2.45, 2.75) is 26.3 Å². The highest BCUT2D eigenvalue weighted by Gasteiger charge is 2.17. The average molecular weight is 269 g/mol. The molecule has 0 N–H and O–H groups in total. The maximum atomic E-state index is 12.3. The van der Waals surface area contributed by atoms with Crippen molar-refractivity contribution in [2.24, 2.45) is 0 Å². The monoisotopic (exact) mass is 269 g/mol. The number of nitrogens with zero attached hydrogens (tertiary/aromatic N) is 3. The van der Waals surface area contributed by atoms with E-state index in [0.29, 0.717) is 11.6 Å². The van der Waals surface area contributed by atoms with Gasteiger partial charge in [-0.15, -0.1) is 0 Å². The first-order chi connectivity index (χ1) is 9.65. The van der Waals surface area contributed by atoms with Crippen LogP contribution in [0.15, 0.2) is 41.1 Å². The minimum atomic E-state index is -0.0869. The topological polar surface area (TPSA) is 60.9 Å². The molecule has 102 valence electrons. The Morgan fingerprint density at radius 2 is 2.15 bits per heavy atom. The van der Waals surface area contributed by atoms with Crippen molar-refractivity contribution in [3.05, 3.63) is 48.2 Å². The van der Waals surface area contributed by atoms with E-state index in [1.165, 1.54) is 6.33 Å². The second-order valence-electron chi connectivity index (χ2n) is 4.96. The molecule has 5 heteroatoms. The zero-order valence-electron chi connectivity index (χ0n) is 11.4. The maximum absolute atomic E-state index is 12.3. The second-order valence-corrected chi connectivity index (χ2v) is 4.96. The Labute approximate surface area is 116 Å². The number of hydrogen-bond acceptors (Lipinski definition) is 4. The van der Waals surface area contributed by atoms with E-state index in [9.17, 15) is 4.79 Å². The SMILES string of the molecule is CC(C)n1ncnc1CC(=O)c1cc2ccccc2o1. The van der Waals surface area contributed by atoms with Crippen LogP contribution in [0.2, 0.25) is 0 Å². The van der Waals surface area contributed by atoms with Crippen LogP contribution in [0.1, 0.15) is 36.3 Å². The van der Waals surface area contributed by atoms with Gasteiger partial charge in [-0.2, -0.15) is 5.10 Å². The fourth-order valence-electron chi connectivity index (χ4n) is 2.18. The fourth-order valence-corrected chi connectivity index (χ4v) is 2.18. The summed E-state index contributed by atoms with van der Waals surface area (Å²) < 4.78 is 7.32. The third-order valence-corrected chi connectivity index (χ3v) is 3.16. The molecule has 0 atom stereocenters. The number of hydrogen-bond donors (Lipinski definition) is 0. The number of benzene rings is 1. The lowest BCUT2D eigenvalue weighted by molar-refractivity contribution is 0.0964. The quantitative estimate of drug-likeness (QED) is 0.683. The number of para-hydroxylation sites is 1. The van der Waals surface area contributed by atoms with Crippen molar-refractivity contribution in [1.82, 2.24) is 14.8 Å². The van der Waals surface area contributed by atoms with Gasteiger partial charge in [0.05, 0.1) is 6.42 Å². The molecular weight excluding hydrogens is 254 g/mol. The zero-order valence-corrected chi connectivity index (χ0v) is 11.4. The van der Waals surface area contributed by atoms with Gasteiger partial charge < -0.3 is 4.42 Å². The van der Waals surface area contributed by atoms with Gasteiger partial charge in [0, 0.05) is 11.4 Å². The molecule has 1 aromatic carbocycles. The molecule has 0 aliphatic heterocycles. The number of carbonyl (C=O) groups is 1. The van der Waals surface area contributed by atoms with Crippen LogP contribution in [0, 0.1) is 0 Å². The van der Waals surface area contributed by atoms with Gasteiger partial charge in [0.2, 0.25) is 5.78 Å². The van der Waals surface area contributed by atoms with Crippen molar-refractivity contribution >= 4 is 16.8 Å². The Kier molecular flexibility index (Phi) is 3.10. The number of fused-ring (bicyclic) bond motifs is 1. The van der Waals surface area contributed by atoms with Crippen molar-refractivity contribution in [2.75, 3.05) is 0 Å². The molecule has 0 aliphatic rings. The summed E-state index contributed by atoms with van der Waals surface area (Å²) in [6, 6.07) is 9.52.